The first-order valence-electron chi connectivity index (χ1n) is 9.10. The fourth-order valence-electron chi connectivity index (χ4n) is 3.31. The van der Waals surface area contributed by atoms with Gasteiger partial charge >= 0.3 is 0 Å². The first-order valence-corrected chi connectivity index (χ1v) is 9.10. The van der Waals surface area contributed by atoms with Crippen molar-refractivity contribution in [2.24, 2.45) is 0 Å². The molecule has 1 aliphatic rings. The Balaban J connectivity index is 2.18. The van der Waals surface area contributed by atoms with E-state index >= 15 is 0 Å². The molecule has 1 atom stereocenters. The van der Waals surface area contributed by atoms with Crippen LogP contribution in [0.5, 0.6) is 0 Å². The lowest BCUT2D eigenvalue weighted by Gasteiger charge is -2.35. The van der Waals surface area contributed by atoms with Crippen molar-refractivity contribution in [3.63, 3.8) is 0 Å². The van der Waals surface area contributed by atoms with Crippen LogP contribution in [0.25, 0.3) is 0 Å². The molecule has 23 heavy (non-hydrogen) atoms. The summed E-state index contributed by atoms with van der Waals surface area (Å²) in [5, 5.41) is 0. The molecule has 5 heteroatoms. The van der Waals surface area contributed by atoms with Crippen LogP contribution in [-0.4, -0.2) is 46.5 Å². The lowest BCUT2D eigenvalue weighted by Crippen LogP contribution is -2.43. The van der Waals surface area contributed by atoms with Crippen molar-refractivity contribution >= 4 is 11.9 Å². The Labute approximate surface area is 140 Å². The van der Waals surface area contributed by atoms with Crippen molar-refractivity contribution in [3.8, 4) is 0 Å². The number of aromatic nitrogens is 2. The Bertz CT molecular complexity index is 500. The monoisotopic (exact) mass is 318 g/mol. The summed E-state index contributed by atoms with van der Waals surface area (Å²) in [6.07, 6.45) is 8.26. The number of carbonyl (C=O) groups is 1. The number of hydrogen-bond donors (Lipinski definition) is 0. The number of likely N-dealkylation sites (tertiary alicyclic amines) is 1. The molecule has 1 saturated heterocycles. The SMILES string of the molecule is CCCN(CCC)c1nccc(C(=O)N2CCCCC2CC)n1. The number of rotatable bonds is 7. The Kier molecular flexibility index (Phi) is 6.81. The van der Waals surface area contributed by atoms with Gasteiger partial charge in [0.25, 0.3) is 5.91 Å². The molecule has 1 fully saturated rings. The molecule has 5 nitrogen and oxygen atoms in total. The molecule has 0 spiro atoms. The van der Waals surface area contributed by atoms with Crippen LogP contribution < -0.4 is 4.90 Å². The van der Waals surface area contributed by atoms with Gasteiger partial charge in [0.2, 0.25) is 5.95 Å². The fraction of sp³-hybridized carbons (Fsp3) is 0.722. The van der Waals surface area contributed by atoms with Crippen LogP contribution in [0.3, 0.4) is 0 Å². The second-order valence-electron chi connectivity index (χ2n) is 6.29. The van der Waals surface area contributed by atoms with E-state index in [9.17, 15) is 4.79 Å². The van der Waals surface area contributed by atoms with Crippen molar-refractivity contribution < 1.29 is 4.79 Å². The maximum Gasteiger partial charge on any atom is 0.272 e. The van der Waals surface area contributed by atoms with Gasteiger partial charge in [-0.05, 0) is 44.6 Å². The molecule has 1 unspecified atom stereocenters. The molecule has 0 aromatic carbocycles. The van der Waals surface area contributed by atoms with E-state index in [0.29, 0.717) is 17.7 Å². The summed E-state index contributed by atoms with van der Waals surface area (Å²) in [7, 11) is 0. The van der Waals surface area contributed by atoms with Crippen molar-refractivity contribution in [2.45, 2.75) is 65.3 Å². The summed E-state index contributed by atoms with van der Waals surface area (Å²) in [6.45, 7) is 9.16. The van der Waals surface area contributed by atoms with Crippen molar-refractivity contribution in [2.75, 3.05) is 24.5 Å². The zero-order chi connectivity index (χ0) is 16.7. The lowest BCUT2D eigenvalue weighted by molar-refractivity contribution is 0.0602. The maximum atomic E-state index is 12.9. The standard InChI is InChI=1S/C18H30N4O/c1-4-12-21(13-5-2)18-19-11-10-16(20-18)17(23)22-14-8-7-9-15(22)6-3/h10-11,15H,4-9,12-14H2,1-3H3. The third kappa shape index (κ3) is 4.43. The Morgan fingerprint density at radius 1 is 1.26 bits per heavy atom. The molecule has 128 valence electrons. The van der Waals surface area contributed by atoms with Crippen LogP contribution in [0.2, 0.25) is 0 Å². The predicted molar refractivity (Wildman–Crippen MR) is 93.8 cm³/mol. The van der Waals surface area contributed by atoms with E-state index in [0.717, 1.165) is 51.7 Å². The van der Waals surface area contributed by atoms with Gasteiger partial charge in [0.1, 0.15) is 5.69 Å². The third-order valence-electron chi connectivity index (χ3n) is 4.49. The summed E-state index contributed by atoms with van der Waals surface area (Å²) in [4.78, 5) is 26.0. The zero-order valence-corrected chi connectivity index (χ0v) is 14.8. The molecule has 1 amide bonds. The molecule has 0 N–H and O–H groups in total. The summed E-state index contributed by atoms with van der Waals surface area (Å²) < 4.78 is 0. The van der Waals surface area contributed by atoms with Gasteiger partial charge < -0.3 is 9.80 Å². The van der Waals surface area contributed by atoms with Gasteiger partial charge in [-0.1, -0.05) is 20.8 Å². The molecule has 1 aromatic rings. The van der Waals surface area contributed by atoms with E-state index in [2.05, 4.69) is 35.6 Å². The minimum atomic E-state index is 0.0631. The van der Waals surface area contributed by atoms with E-state index < -0.39 is 0 Å². The quantitative estimate of drug-likeness (QED) is 0.772. The molecule has 0 saturated carbocycles. The van der Waals surface area contributed by atoms with E-state index in [-0.39, 0.29) is 5.91 Å². The number of carbonyl (C=O) groups excluding carboxylic acids is 1. The topological polar surface area (TPSA) is 49.3 Å². The van der Waals surface area contributed by atoms with Gasteiger partial charge in [0, 0.05) is 31.9 Å². The highest BCUT2D eigenvalue weighted by atomic mass is 16.2. The lowest BCUT2D eigenvalue weighted by atomic mass is 9.99. The average molecular weight is 318 g/mol. The zero-order valence-electron chi connectivity index (χ0n) is 14.8. The first kappa shape index (κ1) is 17.7. The second kappa shape index (κ2) is 8.85. The highest BCUT2D eigenvalue weighted by Crippen LogP contribution is 2.21. The molecular formula is C18H30N4O. The Hall–Kier alpha value is -1.65. The van der Waals surface area contributed by atoms with Crippen molar-refractivity contribution in [1.82, 2.24) is 14.9 Å². The normalized spacial score (nSPS) is 18.0. The smallest absolute Gasteiger partial charge is 0.272 e. The summed E-state index contributed by atoms with van der Waals surface area (Å²) in [6, 6.07) is 2.11. The van der Waals surface area contributed by atoms with E-state index in [4.69, 9.17) is 0 Å². The minimum Gasteiger partial charge on any atom is -0.341 e. The number of amides is 1. The summed E-state index contributed by atoms with van der Waals surface area (Å²) in [5.74, 6) is 0.748. The second-order valence-corrected chi connectivity index (χ2v) is 6.29. The van der Waals surface area contributed by atoms with Crippen LogP contribution in [0.15, 0.2) is 12.3 Å². The van der Waals surface area contributed by atoms with Gasteiger partial charge in [0.15, 0.2) is 0 Å². The van der Waals surface area contributed by atoms with Crippen LogP contribution in [-0.2, 0) is 0 Å². The molecule has 0 bridgehead atoms. The van der Waals surface area contributed by atoms with Crippen molar-refractivity contribution in [1.29, 1.82) is 0 Å². The molecule has 2 heterocycles. The third-order valence-corrected chi connectivity index (χ3v) is 4.49. The largest absolute Gasteiger partial charge is 0.341 e. The highest BCUT2D eigenvalue weighted by Gasteiger charge is 2.27. The molecule has 1 aromatic heterocycles. The molecule has 1 aliphatic heterocycles. The van der Waals surface area contributed by atoms with Gasteiger partial charge in [-0.25, -0.2) is 9.97 Å². The fourth-order valence-corrected chi connectivity index (χ4v) is 3.31. The van der Waals surface area contributed by atoms with E-state index in [1.807, 2.05) is 4.90 Å². The summed E-state index contributed by atoms with van der Waals surface area (Å²) >= 11 is 0. The number of hydrogen-bond acceptors (Lipinski definition) is 4. The van der Waals surface area contributed by atoms with Crippen LogP contribution in [0.4, 0.5) is 5.95 Å². The number of anilines is 1. The van der Waals surface area contributed by atoms with E-state index in [1.165, 1.54) is 6.42 Å². The highest BCUT2D eigenvalue weighted by molar-refractivity contribution is 5.92. The van der Waals surface area contributed by atoms with Crippen molar-refractivity contribution in [3.05, 3.63) is 18.0 Å². The molecule has 2 rings (SSSR count). The van der Waals surface area contributed by atoms with Gasteiger partial charge in [-0.3, -0.25) is 4.79 Å². The molecule has 0 radical (unpaired) electrons. The Morgan fingerprint density at radius 3 is 2.65 bits per heavy atom. The molecule has 0 aliphatic carbocycles. The van der Waals surface area contributed by atoms with Crippen LogP contribution in [0.1, 0.15) is 69.8 Å². The maximum absolute atomic E-state index is 12.9. The number of nitrogens with zero attached hydrogens (tertiary/aromatic N) is 4. The van der Waals surface area contributed by atoms with Crippen LogP contribution in [0, 0.1) is 0 Å². The number of piperidine rings is 1. The average Bonchev–Trinajstić information content (AvgIpc) is 2.61. The predicted octanol–water partition coefficient (Wildman–Crippen LogP) is 3.51. The van der Waals surface area contributed by atoms with Gasteiger partial charge in [-0.2, -0.15) is 0 Å². The minimum absolute atomic E-state index is 0.0631. The molecular weight excluding hydrogens is 288 g/mol. The van der Waals surface area contributed by atoms with E-state index in [1.54, 1.807) is 12.3 Å². The van der Waals surface area contributed by atoms with Crippen LogP contribution >= 0.6 is 0 Å². The first-order chi connectivity index (χ1) is 11.2. The summed E-state index contributed by atoms with van der Waals surface area (Å²) in [5.41, 5.74) is 0.535. The van der Waals surface area contributed by atoms with Gasteiger partial charge in [-0.15, -0.1) is 0 Å². The van der Waals surface area contributed by atoms with Gasteiger partial charge in [0.05, 0.1) is 0 Å². The Morgan fingerprint density at radius 2 is 2.00 bits per heavy atom.